The molecule has 1 saturated heterocycles. The van der Waals surface area contributed by atoms with Crippen LogP contribution in [0, 0.1) is 0 Å². The second kappa shape index (κ2) is 25.7. The number of aromatic nitrogens is 4. The van der Waals surface area contributed by atoms with Crippen molar-refractivity contribution in [2.75, 3.05) is 42.3 Å². The van der Waals surface area contributed by atoms with Gasteiger partial charge >= 0.3 is 24.1 Å². The predicted octanol–water partition coefficient (Wildman–Crippen LogP) is 6.74. The van der Waals surface area contributed by atoms with E-state index in [1.807, 2.05) is 91.0 Å². The Morgan fingerprint density at radius 1 is 0.798 bits per heavy atom. The number of nitrogens with one attached hydrogen (secondary N) is 5. The molecule has 442 valence electrons. The third-order valence-corrected chi connectivity index (χ3v) is 14.9. The van der Waals surface area contributed by atoms with Crippen molar-refractivity contribution in [1.29, 1.82) is 0 Å². The lowest BCUT2D eigenvalue weighted by molar-refractivity contribution is -0.765. The molecule has 5 amide bonds. The van der Waals surface area contributed by atoms with Crippen LogP contribution in [0.15, 0.2) is 138 Å². The predicted molar refractivity (Wildman–Crippen MR) is 316 cm³/mol. The minimum atomic E-state index is -1.68. The fourth-order valence-electron chi connectivity index (χ4n) is 9.02. The lowest BCUT2D eigenvalue weighted by Crippen LogP contribution is -2.71. The molecule has 0 saturated carbocycles. The Labute approximate surface area is 494 Å². The number of nitrogen functional groups attached to an aromatic ring is 1. The Kier molecular flexibility index (Phi) is 18.7. The standard InChI is InChI=1S/C59H68N12O11S2/c1-56(2,3)80-52(75)58(7,8)82-67-43(46-65-53(60)84-68-46)48(72)64-44-49(73)71-45(51(74)79-34-36-26-28-41(78-10)29-27-36)37(35-83-50(44)71)32-70-33-42(63-54(76)61-30-31-62-55(77)81-57(4,5)6)47(69(70)9)66-59(38-20-14-11-15-21-38,39-22-16-12-17-23-39)40-24-18-13-19-25-40/h11-29,33,44,50H,30-32,34-35H2,1-10H3,(H6,60,61,62,63,64,65,68,72,76,77)/p+1/b67-43-/t44-,50-/m1/s1. The lowest BCUT2D eigenvalue weighted by Gasteiger charge is -2.49. The van der Waals surface area contributed by atoms with Gasteiger partial charge in [-0.05, 0) is 89.8 Å². The number of ether oxygens (including phenoxy) is 4. The monoisotopic (exact) mass is 1190 g/mol. The number of β-lactam (4-membered cyclic amide) rings is 1. The van der Waals surface area contributed by atoms with E-state index in [0.717, 1.165) is 28.2 Å². The van der Waals surface area contributed by atoms with E-state index in [-0.39, 0.29) is 48.6 Å². The SMILES string of the molecule is COc1ccc(COC(=O)C2=C(C[n+]3cc(NC(=O)NCCNC(=O)OC(C)(C)C)c(NC(c4ccccc4)(c4ccccc4)c4ccccc4)n3C)CS[C@@H]3[C@H](NC(=O)/C(=N\OC(C)(C)C(=O)OC(C)(C)C)c4nsc(N)n4)C(=O)N23)cc1. The molecule has 8 rings (SSSR count). The maximum absolute atomic E-state index is 14.7. The van der Waals surface area contributed by atoms with E-state index in [9.17, 15) is 28.8 Å². The first-order valence-electron chi connectivity index (χ1n) is 26.8. The van der Waals surface area contributed by atoms with E-state index in [1.54, 1.807) is 95.5 Å². The summed E-state index contributed by atoms with van der Waals surface area (Å²) < 4.78 is 29.9. The number of methoxy groups -OCH3 is 1. The molecule has 0 radical (unpaired) electrons. The van der Waals surface area contributed by atoms with E-state index in [2.05, 4.69) is 41.1 Å². The van der Waals surface area contributed by atoms with Crippen molar-refractivity contribution in [3.8, 4) is 5.75 Å². The summed E-state index contributed by atoms with van der Waals surface area (Å²) in [6, 6.07) is 34.8. The molecule has 4 heterocycles. The minimum absolute atomic E-state index is 0.0128. The van der Waals surface area contributed by atoms with Crippen molar-refractivity contribution in [3.63, 3.8) is 0 Å². The molecule has 2 aliphatic rings. The van der Waals surface area contributed by atoms with Crippen molar-refractivity contribution < 1.29 is 57.2 Å². The molecule has 0 bridgehead atoms. The summed E-state index contributed by atoms with van der Waals surface area (Å²) in [4.78, 5) is 94.2. The molecule has 2 aliphatic heterocycles. The fraction of sp³-hybridized carbons (Fsp3) is 0.356. The van der Waals surface area contributed by atoms with E-state index in [1.165, 1.54) is 30.5 Å². The number of fused-ring (bicyclic) bond motifs is 1. The third kappa shape index (κ3) is 14.4. The first-order chi connectivity index (χ1) is 39.9. The van der Waals surface area contributed by atoms with Gasteiger partial charge in [-0.1, -0.05) is 108 Å². The molecule has 0 aliphatic carbocycles. The normalized spacial score (nSPS) is 15.4. The van der Waals surface area contributed by atoms with Gasteiger partial charge in [0.05, 0.1) is 14.2 Å². The Hall–Kier alpha value is -8.97. The number of carbonyl (C=O) groups excluding carboxylic acids is 6. The van der Waals surface area contributed by atoms with Gasteiger partial charge < -0.3 is 50.8 Å². The van der Waals surface area contributed by atoms with Crippen molar-refractivity contribution >= 4 is 81.5 Å². The first kappa shape index (κ1) is 61.1. The number of hydrogen-bond donors (Lipinski definition) is 6. The smallest absolute Gasteiger partial charge is 0.407 e. The molecular formula is C59H69N12O11S2+. The zero-order chi connectivity index (χ0) is 60.6. The van der Waals surface area contributed by atoms with Crippen LogP contribution in [0.3, 0.4) is 0 Å². The summed E-state index contributed by atoms with van der Waals surface area (Å²) in [5.41, 5.74) is 5.11. The van der Waals surface area contributed by atoms with Crippen molar-refractivity contribution in [2.24, 2.45) is 12.2 Å². The van der Waals surface area contributed by atoms with Crippen molar-refractivity contribution in [1.82, 2.24) is 34.9 Å². The summed E-state index contributed by atoms with van der Waals surface area (Å²) in [6.45, 7) is 13.1. The third-order valence-electron chi connectivity index (χ3n) is 13.0. The van der Waals surface area contributed by atoms with Gasteiger partial charge in [-0.3, -0.25) is 19.8 Å². The topological polar surface area (TPSA) is 285 Å². The second-order valence-corrected chi connectivity index (χ2v) is 23.9. The zero-order valence-corrected chi connectivity index (χ0v) is 49.9. The number of carbonyl (C=O) groups is 6. The summed E-state index contributed by atoms with van der Waals surface area (Å²) in [5, 5.41) is 18.3. The molecule has 7 N–H and O–H groups in total. The highest BCUT2D eigenvalue weighted by Gasteiger charge is 2.55. The molecule has 2 aromatic heterocycles. The van der Waals surface area contributed by atoms with Crippen molar-refractivity contribution in [2.45, 2.75) is 102 Å². The second-order valence-electron chi connectivity index (χ2n) is 22.0. The highest BCUT2D eigenvalue weighted by molar-refractivity contribution is 8.00. The van der Waals surface area contributed by atoms with Crippen LogP contribution in [0.5, 0.6) is 5.75 Å². The van der Waals surface area contributed by atoms with Crippen LogP contribution in [0.4, 0.5) is 26.2 Å². The fourth-order valence-corrected chi connectivity index (χ4v) is 10.8. The number of nitrogens with two attached hydrogens (primary N) is 1. The molecule has 84 heavy (non-hydrogen) atoms. The summed E-state index contributed by atoms with van der Waals surface area (Å²) >= 11 is 2.08. The Morgan fingerprint density at radius 3 is 1.93 bits per heavy atom. The zero-order valence-electron chi connectivity index (χ0n) is 48.3. The quantitative estimate of drug-likeness (QED) is 0.00636. The van der Waals surface area contributed by atoms with Gasteiger partial charge in [0.25, 0.3) is 11.8 Å². The Morgan fingerprint density at radius 2 is 1.38 bits per heavy atom. The van der Waals surface area contributed by atoms with Gasteiger partial charge in [0.15, 0.2) is 23.2 Å². The number of hydrogen-bond acceptors (Lipinski definition) is 18. The van der Waals surface area contributed by atoms with Crippen LogP contribution >= 0.6 is 23.3 Å². The molecule has 4 aromatic carbocycles. The number of oxime groups is 1. The van der Waals surface area contributed by atoms with Crippen molar-refractivity contribution in [3.05, 3.63) is 161 Å². The molecule has 6 aromatic rings. The van der Waals surface area contributed by atoms with Gasteiger partial charge in [-0.25, -0.2) is 19.2 Å². The molecule has 0 unspecified atom stereocenters. The number of benzene rings is 4. The minimum Gasteiger partial charge on any atom is -0.497 e. The van der Waals surface area contributed by atoms with E-state index in [0.29, 0.717) is 28.4 Å². The van der Waals surface area contributed by atoms with Crippen LogP contribution in [0.25, 0.3) is 0 Å². The van der Waals surface area contributed by atoms with E-state index < -0.39 is 75.3 Å². The van der Waals surface area contributed by atoms with Gasteiger partial charge in [0.1, 0.15) is 46.2 Å². The van der Waals surface area contributed by atoms with E-state index >= 15 is 0 Å². The number of anilines is 3. The Balaban J connectivity index is 1.16. The number of urea groups is 1. The molecule has 2 atom stereocenters. The number of alkyl carbamates (subject to hydrolysis) is 1. The van der Waals surface area contributed by atoms with Gasteiger partial charge in [-0.2, -0.15) is 9.36 Å². The molecular weight excluding hydrogens is 1120 g/mol. The maximum atomic E-state index is 14.7. The summed E-state index contributed by atoms with van der Waals surface area (Å²) in [6.07, 6.45) is 1.08. The van der Waals surface area contributed by atoms with Crippen LogP contribution in [-0.4, -0.2) is 115 Å². The highest BCUT2D eigenvalue weighted by Crippen LogP contribution is 2.43. The number of thioether (sulfide) groups is 1. The summed E-state index contributed by atoms with van der Waals surface area (Å²) in [7, 11) is 3.34. The molecule has 0 spiro atoms. The molecule has 23 nitrogen and oxygen atoms in total. The molecule has 25 heteroatoms. The van der Waals surface area contributed by atoms with Gasteiger partial charge in [-0.15, -0.1) is 21.1 Å². The highest BCUT2D eigenvalue weighted by atomic mass is 32.2. The number of amides is 5. The van der Waals surface area contributed by atoms with Crippen LogP contribution in [-0.2, 0) is 64.0 Å². The Bertz CT molecular complexity index is 3340. The van der Waals surface area contributed by atoms with Gasteiger partial charge in [0.2, 0.25) is 23.3 Å². The average molecular weight is 1190 g/mol. The van der Waals surface area contributed by atoms with Gasteiger partial charge in [0, 0.05) is 35.9 Å². The largest absolute Gasteiger partial charge is 0.497 e. The number of nitrogens with zero attached hydrogens (tertiary/aromatic N) is 6. The van der Waals surface area contributed by atoms with Crippen LogP contribution in [0.2, 0.25) is 0 Å². The number of esters is 2. The number of rotatable bonds is 21. The average Bonchev–Trinajstić information content (AvgIpc) is 1.27. The van der Waals surface area contributed by atoms with Crippen LogP contribution in [0.1, 0.15) is 83.5 Å². The molecule has 1 fully saturated rings. The summed E-state index contributed by atoms with van der Waals surface area (Å²) in [5.74, 6) is -2.17. The maximum Gasteiger partial charge on any atom is 0.407 e. The first-order valence-corrected chi connectivity index (χ1v) is 28.6. The van der Waals surface area contributed by atoms with E-state index in [4.69, 9.17) is 29.5 Å². The van der Waals surface area contributed by atoms with Crippen LogP contribution < -0.4 is 41.7 Å². The lowest BCUT2D eigenvalue weighted by atomic mass is 9.77.